The smallest absolute Gasteiger partial charge is 0.152 e. The van der Waals surface area contributed by atoms with Crippen LogP contribution in [0.25, 0.3) is 11.3 Å². The minimum Gasteiger partial charge on any atom is -0.507 e. The molecule has 0 unspecified atom stereocenters. The van der Waals surface area contributed by atoms with Crippen LogP contribution in [-0.2, 0) is 12.8 Å². The zero-order valence-electron chi connectivity index (χ0n) is 15.4. The summed E-state index contributed by atoms with van der Waals surface area (Å²) in [5, 5.41) is 22.7. The van der Waals surface area contributed by atoms with Crippen LogP contribution in [0.4, 0.5) is 10.2 Å². The lowest BCUT2D eigenvalue weighted by atomic mass is 9.88. The van der Waals surface area contributed by atoms with Crippen molar-refractivity contribution in [1.82, 2.24) is 15.1 Å². The van der Waals surface area contributed by atoms with Crippen LogP contribution in [0.2, 0.25) is 5.02 Å². The fourth-order valence-corrected chi connectivity index (χ4v) is 4.44. The normalized spacial score (nSPS) is 20.3. The summed E-state index contributed by atoms with van der Waals surface area (Å²) >= 11 is 5.85. The van der Waals surface area contributed by atoms with Gasteiger partial charge >= 0.3 is 0 Å². The average molecular weight is 391 g/mol. The second-order valence-corrected chi connectivity index (χ2v) is 8.03. The number of aromatic hydroxyl groups is 1. The molecule has 144 valence electrons. The molecule has 0 radical (unpaired) electrons. The molecule has 4 rings (SSSR count). The van der Waals surface area contributed by atoms with Gasteiger partial charge in [-0.3, -0.25) is 0 Å². The SMILES string of the molecule is CN1CCC[C@@H](Nc2nnc(-c3c(O)cc(Cl)cc3F)c3c2CCCC3)C1. The van der Waals surface area contributed by atoms with Gasteiger partial charge in [0.2, 0.25) is 0 Å². The fraction of sp³-hybridized carbons (Fsp3) is 0.500. The number of rotatable bonds is 3. The van der Waals surface area contributed by atoms with E-state index in [-0.39, 0.29) is 16.3 Å². The number of piperidine rings is 1. The van der Waals surface area contributed by atoms with E-state index in [9.17, 15) is 9.50 Å². The summed E-state index contributed by atoms with van der Waals surface area (Å²) in [4.78, 5) is 2.32. The second kappa shape index (κ2) is 7.60. The lowest BCUT2D eigenvalue weighted by Crippen LogP contribution is -2.40. The molecule has 2 aliphatic rings. The van der Waals surface area contributed by atoms with Crippen molar-refractivity contribution in [2.24, 2.45) is 0 Å². The second-order valence-electron chi connectivity index (χ2n) is 7.59. The number of nitrogens with zero attached hydrogens (tertiary/aromatic N) is 3. The van der Waals surface area contributed by atoms with Crippen molar-refractivity contribution in [1.29, 1.82) is 0 Å². The maximum atomic E-state index is 14.5. The van der Waals surface area contributed by atoms with Gasteiger partial charge in [0.05, 0.1) is 5.56 Å². The van der Waals surface area contributed by atoms with Gasteiger partial charge in [-0.2, -0.15) is 0 Å². The number of hydrogen-bond donors (Lipinski definition) is 2. The Hall–Kier alpha value is -1.92. The van der Waals surface area contributed by atoms with E-state index in [0.29, 0.717) is 11.7 Å². The molecule has 1 atom stereocenters. The van der Waals surface area contributed by atoms with Gasteiger partial charge in [-0.1, -0.05) is 11.6 Å². The monoisotopic (exact) mass is 390 g/mol. The maximum Gasteiger partial charge on any atom is 0.152 e. The third kappa shape index (κ3) is 3.73. The third-order valence-electron chi connectivity index (χ3n) is 5.53. The van der Waals surface area contributed by atoms with Crippen molar-refractivity contribution in [2.75, 3.05) is 25.5 Å². The number of anilines is 1. The highest BCUT2D eigenvalue weighted by molar-refractivity contribution is 6.30. The van der Waals surface area contributed by atoms with Crippen LogP contribution >= 0.6 is 11.6 Å². The van der Waals surface area contributed by atoms with E-state index in [1.807, 2.05) is 0 Å². The fourth-order valence-electron chi connectivity index (χ4n) is 4.24. The average Bonchev–Trinajstić information content (AvgIpc) is 2.62. The standard InChI is InChI=1S/C20H24ClFN4O/c1-26-8-4-5-13(11-26)23-20-15-7-3-2-6-14(15)19(24-25-20)18-16(22)9-12(21)10-17(18)27/h9-10,13,27H,2-8,11H2,1H3,(H,23,25)/t13-/m1/s1. The van der Waals surface area contributed by atoms with Gasteiger partial charge < -0.3 is 15.3 Å². The maximum absolute atomic E-state index is 14.5. The lowest BCUT2D eigenvalue weighted by Gasteiger charge is -2.31. The van der Waals surface area contributed by atoms with E-state index < -0.39 is 5.82 Å². The molecule has 2 heterocycles. The Morgan fingerprint density at radius 2 is 1.96 bits per heavy atom. The highest BCUT2D eigenvalue weighted by Gasteiger charge is 2.26. The summed E-state index contributed by atoms with van der Waals surface area (Å²) in [5.74, 6) is 0.0380. The summed E-state index contributed by atoms with van der Waals surface area (Å²) in [7, 11) is 2.13. The minimum atomic E-state index is -0.573. The van der Waals surface area contributed by atoms with Crippen LogP contribution in [-0.4, -0.2) is 46.4 Å². The van der Waals surface area contributed by atoms with Crippen molar-refractivity contribution in [3.8, 4) is 17.0 Å². The van der Waals surface area contributed by atoms with Gasteiger partial charge in [0.25, 0.3) is 0 Å². The van der Waals surface area contributed by atoms with Gasteiger partial charge in [0.1, 0.15) is 17.3 Å². The number of phenols is 1. The van der Waals surface area contributed by atoms with Gasteiger partial charge in [0, 0.05) is 23.2 Å². The van der Waals surface area contributed by atoms with E-state index in [1.54, 1.807) is 0 Å². The highest BCUT2D eigenvalue weighted by Crippen LogP contribution is 2.39. The molecule has 0 bridgehead atoms. The first-order valence-corrected chi connectivity index (χ1v) is 9.92. The molecule has 2 aromatic rings. The summed E-state index contributed by atoms with van der Waals surface area (Å²) in [6.45, 7) is 2.10. The number of likely N-dealkylation sites (tertiary alicyclic amines) is 1. The van der Waals surface area contributed by atoms with Crippen LogP contribution in [0.5, 0.6) is 5.75 Å². The van der Waals surface area contributed by atoms with Gasteiger partial charge in [-0.25, -0.2) is 4.39 Å². The Labute approximate surface area is 163 Å². The van der Waals surface area contributed by atoms with E-state index in [2.05, 4.69) is 27.5 Å². The molecule has 1 aromatic carbocycles. The summed E-state index contributed by atoms with van der Waals surface area (Å²) in [6, 6.07) is 2.90. The van der Waals surface area contributed by atoms with Crippen molar-refractivity contribution in [2.45, 2.75) is 44.6 Å². The number of hydrogen-bond acceptors (Lipinski definition) is 5. The molecule has 27 heavy (non-hydrogen) atoms. The first-order chi connectivity index (χ1) is 13.0. The van der Waals surface area contributed by atoms with Crippen molar-refractivity contribution >= 4 is 17.4 Å². The molecule has 0 spiro atoms. The molecule has 2 N–H and O–H groups in total. The molecule has 1 aliphatic heterocycles. The Morgan fingerprint density at radius 1 is 1.19 bits per heavy atom. The Balaban J connectivity index is 1.73. The van der Waals surface area contributed by atoms with E-state index in [0.717, 1.165) is 68.6 Å². The summed E-state index contributed by atoms with van der Waals surface area (Å²) < 4.78 is 14.5. The van der Waals surface area contributed by atoms with Crippen LogP contribution in [0.15, 0.2) is 12.1 Å². The molecule has 1 fully saturated rings. The predicted molar refractivity (Wildman–Crippen MR) is 105 cm³/mol. The molecule has 5 nitrogen and oxygen atoms in total. The molecule has 7 heteroatoms. The van der Waals surface area contributed by atoms with Crippen LogP contribution in [0, 0.1) is 5.82 Å². The number of nitrogens with one attached hydrogen (secondary N) is 1. The Morgan fingerprint density at radius 3 is 2.70 bits per heavy atom. The molecule has 1 aliphatic carbocycles. The van der Waals surface area contributed by atoms with E-state index in [4.69, 9.17) is 11.6 Å². The Kier molecular flexibility index (Phi) is 5.19. The molecular weight excluding hydrogens is 367 g/mol. The van der Waals surface area contributed by atoms with Gasteiger partial charge in [-0.05, 0) is 69.8 Å². The van der Waals surface area contributed by atoms with Crippen molar-refractivity contribution in [3.05, 3.63) is 34.1 Å². The van der Waals surface area contributed by atoms with Gasteiger partial charge in [0.15, 0.2) is 5.82 Å². The molecular formula is C20H24ClFN4O. The number of fused-ring (bicyclic) bond motifs is 1. The topological polar surface area (TPSA) is 61.3 Å². The first kappa shape index (κ1) is 18.4. The zero-order chi connectivity index (χ0) is 19.0. The summed E-state index contributed by atoms with van der Waals surface area (Å²) in [5.41, 5.74) is 2.62. The highest BCUT2D eigenvalue weighted by atomic mass is 35.5. The lowest BCUT2D eigenvalue weighted by molar-refractivity contribution is 0.260. The summed E-state index contributed by atoms with van der Waals surface area (Å²) in [6.07, 6.45) is 6.06. The van der Waals surface area contributed by atoms with Gasteiger partial charge in [-0.15, -0.1) is 10.2 Å². The number of halogens is 2. The van der Waals surface area contributed by atoms with Crippen LogP contribution in [0.3, 0.4) is 0 Å². The van der Waals surface area contributed by atoms with Crippen molar-refractivity contribution < 1.29 is 9.50 Å². The zero-order valence-corrected chi connectivity index (χ0v) is 16.2. The minimum absolute atomic E-state index is 0.0917. The third-order valence-corrected chi connectivity index (χ3v) is 5.74. The van der Waals surface area contributed by atoms with E-state index in [1.165, 1.54) is 12.1 Å². The van der Waals surface area contributed by atoms with E-state index >= 15 is 0 Å². The largest absolute Gasteiger partial charge is 0.507 e. The van der Waals surface area contributed by atoms with Crippen molar-refractivity contribution in [3.63, 3.8) is 0 Å². The molecule has 1 saturated heterocycles. The van der Waals surface area contributed by atoms with Crippen LogP contribution < -0.4 is 5.32 Å². The first-order valence-electron chi connectivity index (χ1n) is 9.55. The number of phenolic OH excluding ortho intramolecular Hbond substituents is 1. The quantitative estimate of drug-likeness (QED) is 0.828. The number of likely N-dealkylation sites (N-methyl/N-ethyl adjacent to an activating group) is 1. The molecule has 0 saturated carbocycles. The Bertz CT molecular complexity index is 837. The predicted octanol–water partition coefficient (Wildman–Crippen LogP) is 4.03. The van der Waals surface area contributed by atoms with Crippen LogP contribution in [0.1, 0.15) is 36.8 Å². The molecule has 1 aromatic heterocycles. The number of aromatic nitrogens is 2. The number of benzene rings is 1. The molecule has 0 amide bonds.